The molecule has 3 amide bonds. The van der Waals surface area contributed by atoms with E-state index in [4.69, 9.17) is 16.3 Å². The Balaban J connectivity index is 1.51. The highest BCUT2D eigenvalue weighted by Crippen LogP contribution is 2.29. The van der Waals surface area contributed by atoms with Crippen LogP contribution in [-0.2, 0) is 20.9 Å². The van der Waals surface area contributed by atoms with Crippen molar-refractivity contribution in [2.45, 2.75) is 20.4 Å². The number of esters is 1. The maximum Gasteiger partial charge on any atom is 0.338 e. The molecule has 1 heterocycles. The van der Waals surface area contributed by atoms with Crippen LogP contribution in [0.2, 0.25) is 0 Å². The summed E-state index contributed by atoms with van der Waals surface area (Å²) in [7, 11) is 0. The van der Waals surface area contributed by atoms with Gasteiger partial charge in [-0.25, -0.2) is 4.79 Å². The first-order valence-electron chi connectivity index (χ1n) is 11.5. The monoisotopic (exact) mass is 517 g/mol. The lowest BCUT2D eigenvalue weighted by Crippen LogP contribution is -2.31. The second-order valence-electron chi connectivity index (χ2n) is 8.28. The minimum absolute atomic E-state index is 0.0506. The zero-order valence-electron chi connectivity index (χ0n) is 20.2. The first-order chi connectivity index (χ1) is 17.8. The predicted molar refractivity (Wildman–Crippen MR) is 140 cm³/mol. The molecule has 0 spiro atoms. The van der Waals surface area contributed by atoms with Crippen LogP contribution in [0, 0.1) is 6.92 Å². The van der Waals surface area contributed by atoms with Crippen LogP contribution < -0.4 is 10.6 Å². The number of carbonyl (C=O) groups excluding carboxylic acids is 4. The van der Waals surface area contributed by atoms with Gasteiger partial charge >= 0.3 is 5.97 Å². The maximum atomic E-state index is 13.0. The topological polar surface area (TPSA) is 105 Å². The van der Waals surface area contributed by atoms with Crippen molar-refractivity contribution in [3.05, 3.63) is 106 Å². The number of amides is 3. The van der Waals surface area contributed by atoms with Crippen LogP contribution in [0.4, 0.5) is 11.4 Å². The van der Waals surface area contributed by atoms with Gasteiger partial charge in [0.2, 0.25) is 0 Å². The molecule has 1 aliphatic heterocycles. The smallest absolute Gasteiger partial charge is 0.338 e. The summed E-state index contributed by atoms with van der Waals surface area (Å²) in [6, 6.07) is 20.4. The highest BCUT2D eigenvalue weighted by atomic mass is 35.5. The molecule has 0 aliphatic carbocycles. The Kier molecular flexibility index (Phi) is 7.69. The van der Waals surface area contributed by atoms with E-state index < -0.39 is 23.7 Å². The number of hydrogen-bond acceptors (Lipinski definition) is 6. The number of rotatable bonds is 8. The number of anilines is 2. The van der Waals surface area contributed by atoms with E-state index in [0.717, 1.165) is 16.0 Å². The average molecular weight is 518 g/mol. The van der Waals surface area contributed by atoms with Gasteiger partial charge in [-0.05, 0) is 55.3 Å². The molecule has 37 heavy (non-hydrogen) atoms. The zero-order chi connectivity index (χ0) is 26.5. The first-order valence-corrected chi connectivity index (χ1v) is 11.9. The molecule has 0 saturated carbocycles. The number of ether oxygens (including phenoxy) is 1. The summed E-state index contributed by atoms with van der Waals surface area (Å²) in [5, 5.41) is 5.48. The van der Waals surface area contributed by atoms with Crippen molar-refractivity contribution in [3.63, 3.8) is 0 Å². The van der Waals surface area contributed by atoms with Crippen molar-refractivity contribution in [1.82, 2.24) is 4.90 Å². The van der Waals surface area contributed by atoms with Crippen molar-refractivity contribution in [1.29, 1.82) is 0 Å². The first kappa shape index (κ1) is 25.7. The zero-order valence-corrected chi connectivity index (χ0v) is 21.0. The number of halogens is 1. The molecular weight excluding hydrogens is 494 g/mol. The van der Waals surface area contributed by atoms with Crippen molar-refractivity contribution in [3.8, 4) is 0 Å². The number of aryl methyl sites for hydroxylation is 1. The van der Waals surface area contributed by atoms with Crippen molar-refractivity contribution < 1.29 is 23.9 Å². The third-order valence-electron chi connectivity index (χ3n) is 5.69. The molecule has 4 rings (SSSR count). The standard InChI is InChI=1S/C28H24ClN3O5/c1-3-37-28(36)20-10-7-11-21(14-20)30-25(33)19-13-12-17(2)22(15-19)31-24-23(29)26(34)32(27(24)35)16-18-8-5-4-6-9-18/h4-15,31H,3,16H2,1-2H3,(H,30,33). The fraction of sp³-hybridized carbons (Fsp3) is 0.143. The quantitative estimate of drug-likeness (QED) is 0.327. The molecular formula is C28H24ClN3O5. The van der Waals surface area contributed by atoms with Gasteiger partial charge in [0.1, 0.15) is 10.7 Å². The minimum atomic E-state index is -0.592. The van der Waals surface area contributed by atoms with E-state index in [1.54, 1.807) is 50.2 Å². The number of nitrogens with zero attached hydrogens (tertiary/aromatic N) is 1. The summed E-state index contributed by atoms with van der Waals surface area (Å²) in [4.78, 5) is 51.7. The Morgan fingerprint density at radius 3 is 2.41 bits per heavy atom. The lowest BCUT2D eigenvalue weighted by Gasteiger charge is -2.16. The average Bonchev–Trinajstić information content (AvgIpc) is 3.09. The molecule has 2 N–H and O–H groups in total. The van der Waals surface area contributed by atoms with Gasteiger partial charge in [-0.3, -0.25) is 19.3 Å². The fourth-order valence-corrected chi connectivity index (χ4v) is 3.97. The van der Waals surface area contributed by atoms with Crippen LogP contribution in [0.1, 0.15) is 38.8 Å². The Morgan fingerprint density at radius 2 is 1.68 bits per heavy atom. The van der Waals surface area contributed by atoms with Gasteiger partial charge in [0.05, 0.1) is 18.7 Å². The lowest BCUT2D eigenvalue weighted by molar-refractivity contribution is -0.138. The lowest BCUT2D eigenvalue weighted by atomic mass is 10.1. The van der Waals surface area contributed by atoms with E-state index in [1.165, 1.54) is 6.07 Å². The van der Waals surface area contributed by atoms with Crippen LogP contribution in [-0.4, -0.2) is 35.2 Å². The largest absolute Gasteiger partial charge is 0.462 e. The minimum Gasteiger partial charge on any atom is -0.462 e. The highest BCUT2D eigenvalue weighted by Gasteiger charge is 2.38. The number of benzene rings is 3. The van der Waals surface area contributed by atoms with Gasteiger partial charge in [0.25, 0.3) is 17.7 Å². The molecule has 0 fully saturated rings. The van der Waals surface area contributed by atoms with Gasteiger partial charge in [-0.15, -0.1) is 0 Å². The van der Waals surface area contributed by atoms with Crippen LogP contribution in [0.25, 0.3) is 0 Å². The van der Waals surface area contributed by atoms with E-state index in [1.807, 2.05) is 30.3 Å². The predicted octanol–water partition coefficient (Wildman–Crippen LogP) is 4.86. The van der Waals surface area contributed by atoms with Crippen LogP contribution in [0.3, 0.4) is 0 Å². The van der Waals surface area contributed by atoms with Gasteiger partial charge < -0.3 is 15.4 Å². The second kappa shape index (κ2) is 11.1. The molecule has 0 radical (unpaired) electrons. The van der Waals surface area contributed by atoms with Crippen LogP contribution in [0.15, 0.2) is 83.5 Å². The fourth-order valence-electron chi connectivity index (χ4n) is 3.74. The number of imide groups is 1. The normalized spacial score (nSPS) is 13.1. The van der Waals surface area contributed by atoms with E-state index in [0.29, 0.717) is 22.5 Å². The van der Waals surface area contributed by atoms with Crippen molar-refractivity contribution in [2.75, 3.05) is 17.2 Å². The van der Waals surface area contributed by atoms with E-state index in [2.05, 4.69) is 10.6 Å². The molecule has 0 unspecified atom stereocenters. The summed E-state index contributed by atoms with van der Waals surface area (Å²) in [6.45, 7) is 3.84. The molecule has 8 nitrogen and oxygen atoms in total. The van der Waals surface area contributed by atoms with E-state index in [9.17, 15) is 19.2 Å². The summed E-state index contributed by atoms with van der Waals surface area (Å²) < 4.78 is 5.00. The van der Waals surface area contributed by atoms with E-state index in [-0.39, 0.29) is 23.9 Å². The molecule has 1 aliphatic rings. The SMILES string of the molecule is CCOC(=O)c1cccc(NC(=O)c2ccc(C)c(NC3=C(Cl)C(=O)N(Cc4ccccc4)C3=O)c2)c1. The Bertz CT molecular complexity index is 1420. The summed E-state index contributed by atoms with van der Waals surface area (Å²) in [6.07, 6.45) is 0. The Hall–Kier alpha value is -4.43. The molecule has 0 aromatic heterocycles. The Labute approximate surface area is 218 Å². The van der Waals surface area contributed by atoms with Gasteiger partial charge in [0.15, 0.2) is 0 Å². The molecule has 3 aromatic carbocycles. The van der Waals surface area contributed by atoms with Crippen molar-refractivity contribution in [2.24, 2.45) is 0 Å². The van der Waals surface area contributed by atoms with Gasteiger partial charge in [0, 0.05) is 16.9 Å². The van der Waals surface area contributed by atoms with Crippen molar-refractivity contribution >= 4 is 46.7 Å². The summed E-state index contributed by atoms with van der Waals surface area (Å²) >= 11 is 6.25. The highest BCUT2D eigenvalue weighted by molar-refractivity contribution is 6.48. The molecule has 9 heteroatoms. The Morgan fingerprint density at radius 1 is 0.919 bits per heavy atom. The second-order valence-corrected chi connectivity index (χ2v) is 8.66. The van der Waals surface area contributed by atoms with Gasteiger partial charge in [-0.1, -0.05) is 54.1 Å². The third kappa shape index (κ3) is 5.70. The number of carbonyl (C=O) groups is 4. The molecule has 0 saturated heterocycles. The van der Waals surface area contributed by atoms with Crippen LogP contribution >= 0.6 is 11.6 Å². The third-order valence-corrected chi connectivity index (χ3v) is 6.04. The molecule has 0 bridgehead atoms. The summed E-state index contributed by atoms with van der Waals surface area (Å²) in [5.74, 6) is -2.05. The number of hydrogen-bond donors (Lipinski definition) is 2. The molecule has 0 atom stereocenters. The van der Waals surface area contributed by atoms with E-state index >= 15 is 0 Å². The number of nitrogens with one attached hydrogen (secondary N) is 2. The van der Waals surface area contributed by atoms with Gasteiger partial charge in [-0.2, -0.15) is 0 Å². The van der Waals surface area contributed by atoms with Crippen LogP contribution in [0.5, 0.6) is 0 Å². The molecule has 3 aromatic rings. The molecule has 188 valence electrons. The maximum absolute atomic E-state index is 13.0. The summed E-state index contributed by atoms with van der Waals surface area (Å²) in [5.41, 5.74) is 2.95.